The first-order chi connectivity index (χ1) is 14.2. The Bertz CT molecular complexity index is 942. The summed E-state index contributed by atoms with van der Waals surface area (Å²) < 4.78 is 36.8. The molecule has 2 atom stereocenters. The van der Waals surface area contributed by atoms with E-state index in [1.165, 1.54) is 18.5 Å². The van der Waals surface area contributed by atoms with Gasteiger partial charge in [-0.15, -0.1) is 0 Å². The molecule has 30 heavy (non-hydrogen) atoms. The van der Waals surface area contributed by atoms with Crippen molar-refractivity contribution >= 4 is 28.8 Å². The third-order valence-corrected chi connectivity index (χ3v) is 5.01. The van der Waals surface area contributed by atoms with Gasteiger partial charge in [0.15, 0.2) is 5.65 Å². The van der Waals surface area contributed by atoms with Crippen LogP contribution in [0.1, 0.15) is 36.5 Å². The molecule has 0 bridgehead atoms. The summed E-state index contributed by atoms with van der Waals surface area (Å²) in [6.07, 6.45) is 0.169. The average Bonchev–Trinajstić information content (AvgIpc) is 3.10. The highest BCUT2D eigenvalue weighted by Crippen LogP contribution is 2.23. The van der Waals surface area contributed by atoms with E-state index in [0.29, 0.717) is 30.9 Å². The van der Waals surface area contributed by atoms with Crippen molar-refractivity contribution < 1.29 is 22.8 Å². The molecule has 0 radical (unpaired) electrons. The van der Waals surface area contributed by atoms with E-state index in [0.717, 1.165) is 0 Å². The van der Waals surface area contributed by atoms with E-state index in [-0.39, 0.29) is 29.1 Å². The van der Waals surface area contributed by atoms with Gasteiger partial charge in [-0.05, 0) is 25.8 Å². The number of aromatic amines is 1. The van der Waals surface area contributed by atoms with E-state index in [9.17, 15) is 22.8 Å². The van der Waals surface area contributed by atoms with E-state index in [1.807, 2.05) is 6.92 Å². The summed E-state index contributed by atoms with van der Waals surface area (Å²) >= 11 is 0. The van der Waals surface area contributed by atoms with Crippen LogP contribution in [0.25, 0.3) is 11.2 Å². The third-order valence-electron chi connectivity index (χ3n) is 5.01. The lowest BCUT2D eigenvalue weighted by Crippen LogP contribution is -2.47. The highest BCUT2D eigenvalue weighted by molar-refractivity contribution is 6.04. The molecule has 11 heteroatoms. The van der Waals surface area contributed by atoms with Crippen LogP contribution in [0, 0.1) is 0 Å². The summed E-state index contributed by atoms with van der Waals surface area (Å²) in [5.41, 5.74) is 0.765. The van der Waals surface area contributed by atoms with Crippen LogP contribution in [0.2, 0.25) is 0 Å². The van der Waals surface area contributed by atoms with Crippen LogP contribution >= 0.6 is 0 Å². The molecule has 1 fully saturated rings. The van der Waals surface area contributed by atoms with Gasteiger partial charge in [-0.3, -0.25) is 9.59 Å². The molecule has 0 saturated carbocycles. The van der Waals surface area contributed by atoms with Crippen molar-refractivity contribution in [2.24, 2.45) is 0 Å². The van der Waals surface area contributed by atoms with E-state index in [4.69, 9.17) is 0 Å². The van der Waals surface area contributed by atoms with Crippen molar-refractivity contribution in [2.75, 3.05) is 18.4 Å². The van der Waals surface area contributed by atoms with Crippen LogP contribution in [-0.4, -0.2) is 63.0 Å². The fourth-order valence-electron chi connectivity index (χ4n) is 3.50. The van der Waals surface area contributed by atoms with E-state index >= 15 is 0 Å². The Balaban J connectivity index is 1.67. The Morgan fingerprint density at radius 2 is 2.20 bits per heavy atom. The zero-order valence-corrected chi connectivity index (χ0v) is 16.4. The molecule has 3 rings (SSSR count). The summed E-state index contributed by atoms with van der Waals surface area (Å²) in [5.74, 6) is -0.301. The van der Waals surface area contributed by atoms with Crippen molar-refractivity contribution in [3.8, 4) is 0 Å². The molecule has 162 valence electrons. The van der Waals surface area contributed by atoms with Gasteiger partial charge in [-0.2, -0.15) is 13.2 Å². The van der Waals surface area contributed by atoms with Crippen LogP contribution < -0.4 is 10.6 Å². The van der Waals surface area contributed by atoms with Gasteiger partial charge in [0.1, 0.15) is 11.3 Å². The normalized spacial score (nSPS) is 19.5. The molecular formula is C19H23F3N6O2. The lowest BCUT2D eigenvalue weighted by atomic mass is 9.98. The highest BCUT2D eigenvalue weighted by atomic mass is 19.4. The van der Waals surface area contributed by atoms with E-state index in [2.05, 4.69) is 32.2 Å². The van der Waals surface area contributed by atoms with Crippen LogP contribution in [-0.2, 0) is 4.79 Å². The van der Waals surface area contributed by atoms with Gasteiger partial charge in [0.05, 0.1) is 18.2 Å². The molecule has 0 aliphatic carbocycles. The lowest BCUT2D eigenvalue weighted by Gasteiger charge is -2.37. The first-order valence-electron chi connectivity index (χ1n) is 9.56. The predicted octanol–water partition coefficient (Wildman–Crippen LogP) is 2.62. The summed E-state index contributed by atoms with van der Waals surface area (Å²) in [7, 11) is 0. The molecule has 2 aromatic rings. The Morgan fingerprint density at radius 1 is 1.43 bits per heavy atom. The molecule has 2 unspecified atom stereocenters. The van der Waals surface area contributed by atoms with E-state index < -0.39 is 25.0 Å². The van der Waals surface area contributed by atoms with Crippen LogP contribution in [0.3, 0.4) is 0 Å². The smallest absolute Gasteiger partial charge is 0.366 e. The second kappa shape index (κ2) is 8.72. The maximum Gasteiger partial charge on any atom is 0.390 e. The number of rotatable bonds is 6. The van der Waals surface area contributed by atoms with Gasteiger partial charge in [0.2, 0.25) is 5.91 Å². The number of amides is 2. The van der Waals surface area contributed by atoms with Gasteiger partial charge < -0.3 is 20.5 Å². The molecule has 3 heterocycles. The maximum atomic E-state index is 12.3. The van der Waals surface area contributed by atoms with Gasteiger partial charge >= 0.3 is 6.18 Å². The number of hydrogen-bond donors (Lipinski definition) is 3. The Hall–Kier alpha value is -3.11. The quantitative estimate of drug-likeness (QED) is 0.619. The molecule has 0 aromatic carbocycles. The molecule has 8 nitrogen and oxygen atoms in total. The molecule has 1 aliphatic rings. The maximum absolute atomic E-state index is 12.3. The van der Waals surface area contributed by atoms with Crippen LogP contribution in [0.5, 0.6) is 0 Å². The molecule has 3 N–H and O–H groups in total. The zero-order chi connectivity index (χ0) is 21.9. The van der Waals surface area contributed by atoms with Crippen molar-refractivity contribution in [2.45, 2.75) is 44.4 Å². The average molecular weight is 424 g/mol. The number of H-pyrrole nitrogens is 1. The fraction of sp³-hybridized carbons (Fsp3) is 0.474. The highest BCUT2D eigenvalue weighted by Gasteiger charge is 2.28. The molecule has 2 aromatic heterocycles. The first-order valence-corrected chi connectivity index (χ1v) is 9.56. The fourth-order valence-corrected chi connectivity index (χ4v) is 3.50. The Kier molecular flexibility index (Phi) is 6.28. The third kappa shape index (κ3) is 5.08. The standard InChI is InChI=1S/C19H23F3N6O2/c1-3-15(29)28-7-4-12(8-11(28)2)26-14-10-25-17-16(27-14)13(9-24-17)18(30)23-6-5-19(20,21)22/h3,9-12H,1,4-8H2,2H3,(H,23,30)(H,24,25)(H,26,27). The Labute approximate surface area is 170 Å². The van der Waals surface area contributed by atoms with E-state index in [1.54, 1.807) is 4.90 Å². The predicted molar refractivity (Wildman–Crippen MR) is 105 cm³/mol. The Morgan fingerprint density at radius 3 is 2.87 bits per heavy atom. The SMILES string of the molecule is C=CC(=O)N1CCC(Nc2cnc3[nH]cc(C(=O)NCCC(F)(F)F)c3n2)CC1C. The topological polar surface area (TPSA) is 103 Å². The molecule has 1 saturated heterocycles. The summed E-state index contributed by atoms with van der Waals surface area (Å²) in [6.45, 7) is 5.54. The number of hydrogen-bond acceptors (Lipinski definition) is 5. The summed E-state index contributed by atoms with van der Waals surface area (Å²) in [4.78, 5) is 37.3. The number of halogens is 3. The van der Waals surface area contributed by atoms with Crippen molar-refractivity contribution in [1.82, 2.24) is 25.2 Å². The number of nitrogens with zero attached hydrogens (tertiary/aromatic N) is 3. The largest absolute Gasteiger partial charge is 0.390 e. The number of anilines is 1. The molecule has 0 spiro atoms. The number of fused-ring (bicyclic) bond motifs is 1. The van der Waals surface area contributed by atoms with Crippen molar-refractivity contribution in [3.63, 3.8) is 0 Å². The van der Waals surface area contributed by atoms with Crippen molar-refractivity contribution in [3.05, 3.63) is 30.6 Å². The number of aromatic nitrogens is 3. The number of piperidine rings is 1. The zero-order valence-electron chi connectivity index (χ0n) is 16.4. The minimum absolute atomic E-state index is 0.0284. The molecular weight excluding hydrogens is 401 g/mol. The molecule has 1 aliphatic heterocycles. The number of carbonyl (C=O) groups is 2. The minimum Gasteiger partial charge on any atom is -0.366 e. The van der Waals surface area contributed by atoms with Gasteiger partial charge in [-0.1, -0.05) is 6.58 Å². The first kappa shape index (κ1) is 21.6. The second-order valence-electron chi connectivity index (χ2n) is 7.23. The number of likely N-dealkylation sites (tertiary alicyclic amines) is 1. The van der Waals surface area contributed by atoms with Crippen LogP contribution in [0.15, 0.2) is 25.0 Å². The van der Waals surface area contributed by atoms with Gasteiger partial charge in [-0.25, -0.2) is 9.97 Å². The molecule has 2 amide bonds. The second-order valence-corrected chi connectivity index (χ2v) is 7.23. The lowest BCUT2D eigenvalue weighted by molar-refractivity contribution is -0.133. The number of alkyl halides is 3. The van der Waals surface area contributed by atoms with Crippen LogP contribution in [0.4, 0.5) is 19.0 Å². The van der Waals surface area contributed by atoms with Gasteiger partial charge in [0, 0.05) is 31.4 Å². The number of nitrogens with one attached hydrogen (secondary N) is 3. The monoisotopic (exact) mass is 424 g/mol. The minimum atomic E-state index is -4.34. The van der Waals surface area contributed by atoms with Gasteiger partial charge in [0.25, 0.3) is 5.91 Å². The number of carbonyl (C=O) groups excluding carboxylic acids is 2. The summed E-state index contributed by atoms with van der Waals surface area (Å²) in [5, 5.41) is 5.52. The summed E-state index contributed by atoms with van der Waals surface area (Å²) in [6, 6.07) is 0.0873. The van der Waals surface area contributed by atoms with Crippen molar-refractivity contribution in [1.29, 1.82) is 0 Å².